The number of tetrazole rings is 1. The van der Waals surface area contributed by atoms with Crippen molar-refractivity contribution in [3.63, 3.8) is 0 Å². The summed E-state index contributed by atoms with van der Waals surface area (Å²) >= 11 is 0. The fraction of sp³-hybridized carbons (Fsp3) is 0.316. The Morgan fingerprint density at radius 2 is 2.04 bits per heavy atom. The summed E-state index contributed by atoms with van der Waals surface area (Å²) in [6.07, 6.45) is 1.60. The average molecular weight is 335 g/mol. The Bertz CT molecular complexity index is 849. The normalized spacial score (nSPS) is 18.4. The minimum Gasteiger partial charge on any atom is -0.493 e. The van der Waals surface area contributed by atoms with Crippen LogP contribution < -0.4 is 10.1 Å². The Morgan fingerprint density at radius 1 is 1.16 bits per heavy atom. The third kappa shape index (κ3) is 3.13. The van der Waals surface area contributed by atoms with Gasteiger partial charge in [-0.05, 0) is 48.0 Å². The van der Waals surface area contributed by atoms with Crippen molar-refractivity contribution in [2.75, 3.05) is 6.61 Å². The van der Waals surface area contributed by atoms with E-state index in [1.807, 2.05) is 24.3 Å². The van der Waals surface area contributed by atoms with Crippen LogP contribution >= 0.6 is 0 Å². The average Bonchev–Trinajstić information content (AvgIpc) is 3.31. The van der Waals surface area contributed by atoms with E-state index in [4.69, 9.17) is 4.74 Å². The Balaban J connectivity index is 1.49. The van der Waals surface area contributed by atoms with Crippen LogP contribution in [0.1, 0.15) is 36.9 Å². The molecule has 0 fully saturated rings. The summed E-state index contributed by atoms with van der Waals surface area (Å²) in [7, 11) is 0. The fourth-order valence-electron chi connectivity index (χ4n) is 3.42. The van der Waals surface area contributed by atoms with Crippen molar-refractivity contribution < 1.29 is 4.74 Å². The second-order valence-corrected chi connectivity index (χ2v) is 6.48. The smallest absolute Gasteiger partial charge is 0.143 e. The van der Waals surface area contributed by atoms with E-state index in [9.17, 15) is 0 Å². The molecule has 0 unspecified atom stereocenters. The van der Waals surface area contributed by atoms with E-state index < -0.39 is 0 Å². The van der Waals surface area contributed by atoms with E-state index in [1.165, 1.54) is 11.1 Å². The molecule has 6 nitrogen and oxygen atoms in total. The van der Waals surface area contributed by atoms with Gasteiger partial charge < -0.3 is 10.1 Å². The molecule has 3 atom stereocenters. The van der Waals surface area contributed by atoms with Crippen molar-refractivity contribution in [3.8, 4) is 11.4 Å². The first kappa shape index (κ1) is 15.8. The van der Waals surface area contributed by atoms with Crippen molar-refractivity contribution >= 4 is 0 Å². The lowest BCUT2D eigenvalue weighted by Gasteiger charge is -2.25. The second-order valence-electron chi connectivity index (χ2n) is 6.48. The van der Waals surface area contributed by atoms with Gasteiger partial charge in [-0.3, -0.25) is 0 Å². The van der Waals surface area contributed by atoms with E-state index in [2.05, 4.69) is 59.0 Å². The molecule has 25 heavy (non-hydrogen) atoms. The maximum absolute atomic E-state index is 5.82. The number of nitrogens with one attached hydrogen (secondary N) is 1. The van der Waals surface area contributed by atoms with Gasteiger partial charge in [-0.15, -0.1) is 5.10 Å². The minimum atomic E-state index is 0.208. The SMILES string of the molecule is C[C@H](N[C@@H](C)[C@H]1COc2ccccc21)c1cccc(-n2cnnn2)c1. The van der Waals surface area contributed by atoms with E-state index in [1.54, 1.807) is 11.0 Å². The highest BCUT2D eigenvalue weighted by Crippen LogP contribution is 2.36. The molecule has 1 aliphatic heterocycles. The van der Waals surface area contributed by atoms with Crippen LogP contribution in [0.25, 0.3) is 5.69 Å². The molecule has 1 aromatic heterocycles. The summed E-state index contributed by atoms with van der Waals surface area (Å²) in [5, 5.41) is 15.1. The van der Waals surface area contributed by atoms with Crippen molar-refractivity contribution in [2.24, 2.45) is 0 Å². The van der Waals surface area contributed by atoms with Crippen LogP contribution in [0.2, 0.25) is 0 Å². The number of nitrogens with zero attached hydrogens (tertiary/aromatic N) is 4. The van der Waals surface area contributed by atoms with E-state index in [0.717, 1.165) is 18.0 Å². The maximum atomic E-state index is 5.82. The van der Waals surface area contributed by atoms with Crippen LogP contribution in [-0.2, 0) is 0 Å². The lowest BCUT2D eigenvalue weighted by Crippen LogP contribution is -2.35. The molecule has 0 amide bonds. The van der Waals surface area contributed by atoms with Crippen LogP contribution in [0, 0.1) is 0 Å². The molecule has 6 heteroatoms. The summed E-state index contributed by atoms with van der Waals surface area (Å²) < 4.78 is 7.49. The topological polar surface area (TPSA) is 64.9 Å². The quantitative estimate of drug-likeness (QED) is 0.777. The first-order valence-corrected chi connectivity index (χ1v) is 8.53. The standard InChI is InChI=1S/C19H21N5O/c1-13(15-6-5-7-16(10-15)24-12-20-22-23-24)21-14(2)18-11-25-19-9-4-3-8-17(18)19/h3-10,12-14,18,21H,11H2,1-2H3/t13-,14-,18+/m0/s1. The van der Waals surface area contributed by atoms with Crippen molar-refractivity contribution in [1.82, 2.24) is 25.5 Å². The van der Waals surface area contributed by atoms with Gasteiger partial charge in [0.05, 0.1) is 12.3 Å². The van der Waals surface area contributed by atoms with Crippen LogP contribution in [0.5, 0.6) is 5.75 Å². The molecule has 0 radical (unpaired) electrons. The molecular formula is C19H21N5O. The van der Waals surface area contributed by atoms with E-state index >= 15 is 0 Å². The monoisotopic (exact) mass is 335 g/mol. The zero-order chi connectivity index (χ0) is 17.2. The summed E-state index contributed by atoms with van der Waals surface area (Å²) in [5.74, 6) is 1.37. The molecule has 4 rings (SSSR count). The lowest BCUT2D eigenvalue weighted by atomic mass is 9.93. The van der Waals surface area contributed by atoms with Crippen LogP contribution in [0.15, 0.2) is 54.9 Å². The number of benzene rings is 2. The largest absolute Gasteiger partial charge is 0.493 e. The van der Waals surface area contributed by atoms with Gasteiger partial charge in [0.25, 0.3) is 0 Å². The molecule has 0 saturated heterocycles. The predicted octanol–water partition coefficient (Wildman–Crippen LogP) is 2.88. The molecular weight excluding hydrogens is 314 g/mol. The number of ether oxygens (including phenoxy) is 1. The van der Waals surface area contributed by atoms with Crippen LogP contribution in [-0.4, -0.2) is 32.9 Å². The Morgan fingerprint density at radius 3 is 2.88 bits per heavy atom. The fourth-order valence-corrected chi connectivity index (χ4v) is 3.42. The Kier molecular flexibility index (Phi) is 4.19. The minimum absolute atomic E-state index is 0.208. The van der Waals surface area contributed by atoms with Gasteiger partial charge in [0, 0.05) is 23.6 Å². The molecule has 1 aliphatic rings. The zero-order valence-electron chi connectivity index (χ0n) is 14.3. The zero-order valence-corrected chi connectivity index (χ0v) is 14.3. The van der Waals surface area contributed by atoms with E-state index in [0.29, 0.717) is 12.0 Å². The molecule has 0 saturated carbocycles. The van der Waals surface area contributed by atoms with Gasteiger partial charge in [-0.2, -0.15) is 0 Å². The van der Waals surface area contributed by atoms with Crippen molar-refractivity contribution in [2.45, 2.75) is 31.8 Å². The number of fused-ring (bicyclic) bond motifs is 1. The van der Waals surface area contributed by atoms with E-state index in [-0.39, 0.29) is 6.04 Å². The number of rotatable bonds is 5. The molecule has 0 bridgehead atoms. The van der Waals surface area contributed by atoms with Gasteiger partial charge in [-0.1, -0.05) is 30.3 Å². The van der Waals surface area contributed by atoms with Crippen LogP contribution in [0.4, 0.5) is 0 Å². The third-order valence-corrected chi connectivity index (χ3v) is 4.84. The summed E-state index contributed by atoms with van der Waals surface area (Å²) in [5.41, 5.74) is 3.45. The molecule has 2 aromatic carbocycles. The van der Waals surface area contributed by atoms with Gasteiger partial charge in [0.2, 0.25) is 0 Å². The first-order chi connectivity index (χ1) is 12.2. The highest BCUT2D eigenvalue weighted by atomic mass is 16.5. The summed E-state index contributed by atoms with van der Waals surface area (Å²) in [4.78, 5) is 0. The van der Waals surface area contributed by atoms with Gasteiger partial charge in [0.1, 0.15) is 12.1 Å². The number of para-hydroxylation sites is 1. The number of hydrogen-bond donors (Lipinski definition) is 1. The molecule has 3 aromatic rings. The molecule has 0 spiro atoms. The Labute approximate surface area is 146 Å². The summed E-state index contributed by atoms with van der Waals surface area (Å²) in [6.45, 7) is 5.12. The molecule has 1 N–H and O–H groups in total. The van der Waals surface area contributed by atoms with Gasteiger partial charge in [-0.25, -0.2) is 4.68 Å². The number of hydrogen-bond acceptors (Lipinski definition) is 5. The lowest BCUT2D eigenvalue weighted by molar-refractivity contribution is 0.297. The third-order valence-electron chi connectivity index (χ3n) is 4.84. The molecule has 2 heterocycles. The van der Waals surface area contributed by atoms with Gasteiger partial charge >= 0.3 is 0 Å². The second kappa shape index (κ2) is 6.64. The summed E-state index contributed by atoms with van der Waals surface area (Å²) in [6, 6.07) is 17.1. The predicted molar refractivity (Wildman–Crippen MR) is 94.8 cm³/mol. The Hall–Kier alpha value is -2.73. The molecule has 128 valence electrons. The van der Waals surface area contributed by atoms with Crippen molar-refractivity contribution in [3.05, 3.63) is 66.0 Å². The highest BCUT2D eigenvalue weighted by Gasteiger charge is 2.29. The molecule has 0 aliphatic carbocycles. The van der Waals surface area contributed by atoms with Crippen molar-refractivity contribution in [1.29, 1.82) is 0 Å². The first-order valence-electron chi connectivity index (χ1n) is 8.53. The maximum Gasteiger partial charge on any atom is 0.143 e. The highest BCUT2D eigenvalue weighted by molar-refractivity contribution is 5.41. The van der Waals surface area contributed by atoms with Crippen LogP contribution in [0.3, 0.4) is 0 Å². The van der Waals surface area contributed by atoms with Gasteiger partial charge in [0.15, 0.2) is 0 Å². The number of aromatic nitrogens is 4.